The van der Waals surface area contributed by atoms with Gasteiger partial charge in [-0.15, -0.1) is 0 Å². The van der Waals surface area contributed by atoms with Crippen LogP contribution in [0.5, 0.6) is 0 Å². The van der Waals surface area contributed by atoms with E-state index in [1.54, 1.807) is 23.9 Å². The molecule has 1 spiro atoms. The van der Waals surface area contributed by atoms with E-state index in [9.17, 15) is 14.4 Å². The van der Waals surface area contributed by atoms with Crippen LogP contribution in [0.3, 0.4) is 0 Å². The first-order valence-electron chi connectivity index (χ1n) is 9.81. The number of carbonyl (C=O) groups excluding carboxylic acids is 3. The third kappa shape index (κ3) is 3.96. The van der Waals surface area contributed by atoms with Gasteiger partial charge in [0.15, 0.2) is 0 Å². The molecule has 0 aromatic heterocycles. The third-order valence-electron chi connectivity index (χ3n) is 6.22. The average Bonchev–Trinajstić information content (AvgIpc) is 2.85. The molecule has 26 heavy (non-hydrogen) atoms. The lowest BCUT2D eigenvalue weighted by Crippen LogP contribution is -2.47. The molecule has 7 heteroatoms. The molecule has 1 N–H and O–H groups in total. The largest absolute Gasteiger partial charge is 0.355 e. The first-order valence-corrected chi connectivity index (χ1v) is 9.81. The van der Waals surface area contributed by atoms with E-state index in [0.29, 0.717) is 45.1 Å². The van der Waals surface area contributed by atoms with Crippen molar-refractivity contribution in [3.63, 3.8) is 0 Å². The molecule has 1 atom stereocenters. The summed E-state index contributed by atoms with van der Waals surface area (Å²) in [5.41, 5.74) is -0.364. The highest BCUT2D eigenvalue weighted by molar-refractivity contribution is 5.82. The third-order valence-corrected chi connectivity index (χ3v) is 6.22. The quantitative estimate of drug-likeness (QED) is 0.758. The Morgan fingerprint density at radius 2 is 1.69 bits per heavy atom. The SMILES string of the molecule is CC1CCC(C(=O)N2CCN(C(=O)N(C)C)CC3(CNC(=O)C3)C2)CC1. The minimum atomic E-state index is -0.364. The molecule has 0 aromatic rings. The number of hydrogen-bond acceptors (Lipinski definition) is 3. The van der Waals surface area contributed by atoms with Crippen molar-refractivity contribution in [2.24, 2.45) is 17.3 Å². The van der Waals surface area contributed by atoms with Gasteiger partial charge in [0, 0.05) is 64.6 Å². The van der Waals surface area contributed by atoms with Crippen molar-refractivity contribution < 1.29 is 14.4 Å². The Morgan fingerprint density at radius 3 is 2.27 bits per heavy atom. The van der Waals surface area contributed by atoms with E-state index in [2.05, 4.69) is 12.2 Å². The lowest BCUT2D eigenvalue weighted by atomic mass is 9.81. The molecule has 2 heterocycles. The number of carbonyl (C=O) groups is 3. The molecule has 0 aromatic carbocycles. The molecule has 4 amide bonds. The van der Waals surface area contributed by atoms with Crippen LogP contribution in [-0.4, -0.2) is 79.4 Å². The van der Waals surface area contributed by atoms with Gasteiger partial charge in [0.05, 0.1) is 0 Å². The molecule has 3 aliphatic rings. The molecule has 2 saturated heterocycles. The molecule has 146 valence electrons. The summed E-state index contributed by atoms with van der Waals surface area (Å²) in [6, 6.07) is -0.0514. The highest BCUT2D eigenvalue weighted by Crippen LogP contribution is 2.34. The van der Waals surface area contributed by atoms with Gasteiger partial charge in [-0.3, -0.25) is 9.59 Å². The van der Waals surface area contributed by atoms with Crippen molar-refractivity contribution in [3.8, 4) is 0 Å². The first kappa shape index (κ1) is 19.0. The van der Waals surface area contributed by atoms with Crippen LogP contribution in [0.4, 0.5) is 4.79 Å². The fourth-order valence-corrected chi connectivity index (χ4v) is 4.63. The molecular formula is C19H32N4O3. The maximum Gasteiger partial charge on any atom is 0.319 e. The van der Waals surface area contributed by atoms with Gasteiger partial charge in [0.25, 0.3) is 0 Å². The molecule has 3 fully saturated rings. The maximum absolute atomic E-state index is 13.2. The minimum Gasteiger partial charge on any atom is -0.355 e. The van der Waals surface area contributed by atoms with Crippen LogP contribution in [0.15, 0.2) is 0 Å². The fourth-order valence-electron chi connectivity index (χ4n) is 4.63. The highest BCUT2D eigenvalue weighted by atomic mass is 16.2. The van der Waals surface area contributed by atoms with Crippen LogP contribution in [0.2, 0.25) is 0 Å². The normalized spacial score (nSPS) is 32.3. The predicted octanol–water partition coefficient (Wildman–Crippen LogP) is 1.14. The summed E-state index contributed by atoms with van der Waals surface area (Å²) >= 11 is 0. The summed E-state index contributed by atoms with van der Waals surface area (Å²) in [6.07, 6.45) is 4.53. The maximum atomic E-state index is 13.2. The van der Waals surface area contributed by atoms with E-state index < -0.39 is 0 Å². The number of hydrogen-bond donors (Lipinski definition) is 1. The zero-order valence-corrected chi connectivity index (χ0v) is 16.3. The number of amides is 4. The first-order chi connectivity index (χ1) is 12.3. The molecular weight excluding hydrogens is 332 g/mol. The van der Waals surface area contributed by atoms with Crippen LogP contribution in [0.25, 0.3) is 0 Å². The van der Waals surface area contributed by atoms with Crippen molar-refractivity contribution in [1.82, 2.24) is 20.0 Å². The van der Waals surface area contributed by atoms with Crippen molar-refractivity contribution >= 4 is 17.8 Å². The topological polar surface area (TPSA) is 73.0 Å². The smallest absolute Gasteiger partial charge is 0.319 e. The molecule has 1 saturated carbocycles. The summed E-state index contributed by atoms with van der Waals surface area (Å²) in [6.45, 7) is 4.96. The molecule has 7 nitrogen and oxygen atoms in total. The number of rotatable bonds is 1. The second-order valence-corrected chi connectivity index (χ2v) is 8.77. The van der Waals surface area contributed by atoms with Crippen LogP contribution in [0, 0.1) is 17.3 Å². The molecule has 0 bridgehead atoms. The van der Waals surface area contributed by atoms with Crippen molar-refractivity contribution in [1.29, 1.82) is 0 Å². The van der Waals surface area contributed by atoms with Gasteiger partial charge in [-0.2, -0.15) is 0 Å². The summed E-state index contributed by atoms with van der Waals surface area (Å²) in [5, 5.41) is 2.91. The van der Waals surface area contributed by atoms with E-state index in [1.807, 2.05) is 4.90 Å². The van der Waals surface area contributed by atoms with Crippen molar-refractivity contribution in [2.45, 2.75) is 39.0 Å². The van der Waals surface area contributed by atoms with Gasteiger partial charge in [-0.1, -0.05) is 6.92 Å². The predicted molar refractivity (Wildman–Crippen MR) is 98.4 cm³/mol. The van der Waals surface area contributed by atoms with Crippen LogP contribution in [0.1, 0.15) is 39.0 Å². The van der Waals surface area contributed by atoms with E-state index in [4.69, 9.17) is 0 Å². The number of urea groups is 1. The van der Waals surface area contributed by atoms with Crippen LogP contribution < -0.4 is 5.32 Å². The van der Waals surface area contributed by atoms with Gasteiger partial charge < -0.3 is 20.0 Å². The van der Waals surface area contributed by atoms with E-state index in [-0.39, 0.29) is 29.2 Å². The van der Waals surface area contributed by atoms with Gasteiger partial charge >= 0.3 is 6.03 Å². The Kier molecular flexibility index (Phi) is 5.44. The average molecular weight is 364 g/mol. The lowest BCUT2D eigenvalue weighted by Gasteiger charge is -2.35. The monoisotopic (exact) mass is 364 g/mol. The van der Waals surface area contributed by atoms with Crippen molar-refractivity contribution in [3.05, 3.63) is 0 Å². The Bertz CT molecular complexity index is 571. The summed E-state index contributed by atoms with van der Waals surface area (Å²) in [7, 11) is 3.48. The zero-order valence-electron chi connectivity index (χ0n) is 16.3. The Hall–Kier alpha value is -1.79. The van der Waals surface area contributed by atoms with Crippen LogP contribution >= 0.6 is 0 Å². The van der Waals surface area contributed by atoms with Gasteiger partial charge in [-0.25, -0.2) is 4.79 Å². The second kappa shape index (κ2) is 7.45. The summed E-state index contributed by atoms with van der Waals surface area (Å²) in [5.74, 6) is 1.04. The zero-order chi connectivity index (χ0) is 18.9. The lowest BCUT2D eigenvalue weighted by molar-refractivity contribution is -0.138. The molecule has 3 rings (SSSR count). The van der Waals surface area contributed by atoms with E-state index in [1.165, 1.54) is 0 Å². The van der Waals surface area contributed by atoms with Crippen LogP contribution in [-0.2, 0) is 9.59 Å². The highest BCUT2D eigenvalue weighted by Gasteiger charge is 2.45. The Morgan fingerprint density at radius 1 is 1.08 bits per heavy atom. The van der Waals surface area contributed by atoms with E-state index in [0.717, 1.165) is 25.7 Å². The van der Waals surface area contributed by atoms with Gasteiger partial charge in [0.2, 0.25) is 11.8 Å². The summed E-state index contributed by atoms with van der Waals surface area (Å²) in [4.78, 5) is 42.9. The molecule has 2 aliphatic heterocycles. The second-order valence-electron chi connectivity index (χ2n) is 8.77. The Labute approximate surface area is 156 Å². The molecule has 1 unspecified atom stereocenters. The molecule has 0 radical (unpaired) electrons. The van der Waals surface area contributed by atoms with Gasteiger partial charge in [0.1, 0.15) is 0 Å². The van der Waals surface area contributed by atoms with Gasteiger partial charge in [-0.05, 0) is 31.6 Å². The Balaban J connectivity index is 1.76. The minimum absolute atomic E-state index is 0.0167. The fraction of sp³-hybridized carbons (Fsp3) is 0.842. The number of nitrogens with one attached hydrogen (secondary N) is 1. The standard InChI is InChI=1S/C19H32N4O3/c1-14-4-6-15(7-5-14)17(25)22-8-9-23(18(26)21(2)3)13-19(12-22)10-16(24)20-11-19/h14-15H,4-13H2,1-3H3,(H,20,24). The van der Waals surface area contributed by atoms with Crippen molar-refractivity contribution in [2.75, 3.05) is 46.8 Å². The summed E-state index contributed by atoms with van der Waals surface area (Å²) < 4.78 is 0. The number of nitrogens with zero attached hydrogens (tertiary/aromatic N) is 3. The van der Waals surface area contributed by atoms with E-state index >= 15 is 0 Å². The molecule has 1 aliphatic carbocycles.